The highest BCUT2D eigenvalue weighted by atomic mass is 16.4. The number of hydrogen-bond acceptors (Lipinski definition) is 4. The summed E-state index contributed by atoms with van der Waals surface area (Å²) in [5, 5.41) is 5.60. The van der Waals surface area contributed by atoms with Crippen LogP contribution in [0.5, 0.6) is 0 Å². The normalized spacial score (nSPS) is 11.1. The summed E-state index contributed by atoms with van der Waals surface area (Å²) in [6, 6.07) is 14.8. The van der Waals surface area contributed by atoms with Crippen LogP contribution in [0, 0.1) is 0 Å². The number of aromatic nitrogens is 1. The van der Waals surface area contributed by atoms with Gasteiger partial charge in [-0.1, -0.05) is 18.2 Å². The van der Waals surface area contributed by atoms with Crippen LogP contribution in [0.15, 0.2) is 70.0 Å². The molecule has 1 aromatic carbocycles. The highest BCUT2D eigenvalue weighted by molar-refractivity contribution is 6.08. The lowest BCUT2D eigenvalue weighted by molar-refractivity contribution is 0.0920. The van der Waals surface area contributed by atoms with Gasteiger partial charge in [-0.05, 0) is 51.1 Å². The van der Waals surface area contributed by atoms with Gasteiger partial charge in [0.15, 0.2) is 5.76 Å². The van der Waals surface area contributed by atoms with E-state index in [0.717, 1.165) is 0 Å². The monoisotopic (exact) mass is 393 g/mol. The number of benzene rings is 1. The van der Waals surface area contributed by atoms with Crippen molar-refractivity contribution in [1.29, 1.82) is 0 Å². The number of pyridine rings is 1. The third-order valence-corrected chi connectivity index (χ3v) is 4.02. The molecule has 0 saturated carbocycles. The van der Waals surface area contributed by atoms with Gasteiger partial charge in [0.1, 0.15) is 5.76 Å². The van der Waals surface area contributed by atoms with Gasteiger partial charge in [0, 0.05) is 17.8 Å². The van der Waals surface area contributed by atoms with Crippen molar-refractivity contribution >= 4 is 17.5 Å². The van der Waals surface area contributed by atoms with Crippen molar-refractivity contribution in [2.24, 2.45) is 0 Å². The maximum Gasteiger partial charge on any atom is 0.291 e. The molecular weight excluding hydrogens is 370 g/mol. The first-order chi connectivity index (χ1) is 13.7. The number of rotatable bonds is 5. The molecule has 7 nitrogen and oxygen atoms in total. The molecule has 2 N–H and O–H groups in total. The number of carbonyl (C=O) groups excluding carboxylic acids is 2. The molecule has 0 fully saturated rings. The Hall–Kier alpha value is -3.61. The summed E-state index contributed by atoms with van der Waals surface area (Å²) in [5.41, 5.74) is 0.183. The van der Waals surface area contributed by atoms with E-state index < -0.39 is 11.4 Å². The van der Waals surface area contributed by atoms with Gasteiger partial charge in [-0.3, -0.25) is 14.4 Å². The molecule has 2 aromatic heterocycles. The van der Waals surface area contributed by atoms with Crippen LogP contribution in [0.4, 0.5) is 5.69 Å². The van der Waals surface area contributed by atoms with Crippen molar-refractivity contribution in [2.45, 2.75) is 32.9 Å². The quantitative estimate of drug-likeness (QED) is 0.696. The van der Waals surface area contributed by atoms with Gasteiger partial charge < -0.3 is 19.6 Å². The van der Waals surface area contributed by atoms with E-state index >= 15 is 0 Å². The Morgan fingerprint density at radius 3 is 2.41 bits per heavy atom. The third-order valence-electron chi connectivity index (χ3n) is 4.02. The number of anilines is 1. The van der Waals surface area contributed by atoms with Crippen LogP contribution in [0.1, 0.15) is 47.4 Å². The Morgan fingerprint density at radius 1 is 0.966 bits per heavy atom. The molecule has 0 atom stereocenters. The number of furan rings is 1. The van der Waals surface area contributed by atoms with Gasteiger partial charge in [0.25, 0.3) is 17.4 Å². The van der Waals surface area contributed by atoms with Crippen LogP contribution in [-0.2, 0) is 6.54 Å². The highest BCUT2D eigenvalue weighted by Crippen LogP contribution is 2.18. The van der Waals surface area contributed by atoms with E-state index in [0.29, 0.717) is 17.0 Å². The minimum Gasteiger partial charge on any atom is -0.454 e. The predicted octanol–water partition coefficient (Wildman–Crippen LogP) is 3.27. The topological polar surface area (TPSA) is 93.3 Å². The van der Waals surface area contributed by atoms with Gasteiger partial charge in [-0.15, -0.1) is 0 Å². The van der Waals surface area contributed by atoms with Crippen molar-refractivity contribution in [3.05, 3.63) is 88.2 Å². The molecule has 0 aliphatic rings. The SMILES string of the molecule is CC(C)(C)NC(=O)c1ccccc1NC(=O)c1ccc(Cn2ccccc2=O)o1. The number of carbonyl (C=O) groups is 2. The van der Waals surface area contributed by atoms with Crippen LogP contribution in [-0.4, -0.2) is 21.9 Å². The van der Waals surface area contributed by atoms with Crippen LogP contribution in [0.2, 0.25) is 0 Å². The molecule has 3 rings (SSSR count). The Morgan fingerprint density at radius 2 is 1.69 bits per heavy atom. The van der Waals surface area contributed by atoms with E-state index in [2.05, 4.69) is 10.6 Å². The molecule has 7 heteroatoms. The molecule has 29 heavy (non-hydrogen) atoms. The third kappa shape index (κ3) is 5.22. The average Bonchev–Trinajstić information content (AvgIpc) is 3.11. The molecule has 0 aliphatic heterocycles. The summed E-state index contributed by atoms with van der Waals surface area (Å²) in [6.45, 7) is 5.87. The summed E-state index contributed by atoms with van der Waals surface area (Å²) >= 11 is 0. The molecule has 0 bridgehead atoms. The van der Waals surface area contributed by atoms with E-state index in [1.807, 2.05) is 20.8 Å². The molecule has 150 valence electrons. The van der Waals surface area contributed by atoms with Gasteiger partial charge in [-0.25, -0.2) is 0 Å². The van der Waals surface area contributed by atoms with Crippen molar-refractivity contribution in [2.75, 3.05) is 5.32 Å². The maximum atomic E-state index is 12.6. The fraction of sp³-hybridized carbons (Fsp3) is 0.227. The second kappa shape index (κ2) is 8.18. The maximum absolute atomic E-state index is 12.6. The van der Waals surface area contributed by atoms with Crippen molar-refractivity contribution in [3.8, 4) is 0 Å². The average molecular weight is 393 g/mol. The standard InChI is InChI=1S/C22H23N3O4/c1-22(2,3)24-20(27)16-8-4-5-9-17(16)23-21(28)18-12-11-15(29-18)14-25-13-7-6-10-19(25)26/h4-13H,14H2,1-3H3,(H,23,28)(H,24,27). The van der Waals surface area contributed by atoms with E-state index in [1.54, 1.807) is 48.7 Å². The molecule has 3 aromatic rings. The fourth-order valence-corrected chi connectivity index (χ4v) is 2.73. The Labute approximate surface area is 168 Å². The predicted molar refractivity (Wildman–Crippen MR) is 110 cm³/mol. The van der Waals surface area contributed by atoms with Crippen LogP contribution in [0.25, 0.3) is 0 Å². The number of amides is 2. The summed E-state index contributed by atoms with van der Waals surface area (Å²) in [4.78, 5) is 36.9. The van der Waals surface area contributed by atoms with Crippen molar-refractivity contribution in [1.82, 2.24) is 9.88 Å². The smallest absolute Gasteiger partial charge is 0.291 e. The first-order valence-electron chi connectivity index (χ1n) is 9.20. The molecule has 0 aliphatic carbocycles. The molecule has 0 spiro atoms. The number of nitrogens with zero attached hydrogens (tertiary/aromatic N) is 1. The van der Waals surface area contributed by atoms with Crippen LogP contribution in [0.3, 0.4) is 0 Å². The van der Waals surface area contributed by atoms with E-state index in [1.165, 1.54) is 16.7 Å². The minimum absolute atomic E-state index is 0.0926. The van der Waals surface area contributed by atoms with Gasteiger partial charge in [0.05, 0.1) is 17.8 Å². The summed E-state index contributed by atoms with van der Waals surface area (Å²) in [6.07, 6.45) is 1.65. The first kappa shape index (κ1) is 20.1. The summed E-state index contributed by atoms with van der Waals surface area (Å²) < 4.78 is 7.06. The zero-order chi connectivity index (χ0) is 21.0. The van der Waals surface area contributed by atoms with Gasteiger partial charge in [0.2, 0.25) is 0 Å². The second-order valence-electron chi connectivity index (χ2n) is 7.64. The van der Waals surface area contributed by atoms with Crippen LogP contribution < -0.4 is 16.2 Å². The molecule has 0 radical (unpaired) electrons. The summed E-state index contributed by atoms with van der Waals surface area (Å²) in [5.74, 6) is -0.193. The molecule has 2 amide bonds. The zero-order valence-corrected chi connectivity index (χ0v) is 16.6. The van der Waals surface area contributed by atoms with E-state index in [9.17, 15) is 14.4 Å². The summed E-state index contributed by atoms with van der Waals surface area (Å²) in [7, 11) is 0. The first-order valence-corrected chi connectivity index (χ1v) is 9.20. The van der Waals surface area contributed by atoms with Gasteiger partial charge >= 0.3 is 0 Å². The number of para-hydroxylation sites is 1. The van der Waals surface area contributed by atoms with Crippen molar-refractivity contribution in [3.63, 3.8) is 0 Å². The lowest BCUT2D eigenvalue weighted by Gasteiger charge is -2.21. The molecular formula is C22H23N3O4. The highest BCUT2D eigenvalue weighted by Gasteiger charge is 2.20. The second-order valence-corrected chi connectivity index (χ2v) is 7.64. The lowest BCUT2D eigenvalue weighted by atomic mass is 10.1. The lowest BCUT2D eigenvalue weighted by Crippen LogP contribution is -2.40. The zero-order valence-electron chi connectivity index (χ0n) is 16.6. The van der Waals surface area contributed by atoms with Crippen molar-refractivity contribution < 1.29 is 14.0 Å². The molecule has 0 saturated heterocycles. The molecule has 2 heterocycles. The van der Waals surface area contributed by atoms with Gasteiger partial charge in [-0.2, -0.15) is 0 Å². The molecule has 0 unspecified atom stereocenters. The Kier molecular flexibility index (Phi) is 5.68. The fourth-order valence-electron chi connectivity index (χ4n) is 2.73. The van der Waals surface area contributed by atoms with E-state index in [4.69, 9.17) is 4.42 Å². The minimum atomic E-state index is -0.479. The number of hydrogen-bond donors (Lipinski definition) is 2. The number of nitrogens with one attached hydrogen (secondary N) is 2. The Bertz CT molecular complexity index is 1090. The largest absolute Gasteiger partial charge is 0.454 e. The van der Waals surface area contributed by atoms with E-state index in [-0.39, 0.29) is 23.8 Å². The van der Waals surface area contributed by atoms with Crippen LogP contribution >= 0.6 is 0 Å². The Balaban J connectivity index is 1.75.